The van der Waals surface area contributed by atoms with Gasteiger partial charge in [0.05, 0.1) is 13.1 Å². The number of carbonyl (C=O) groups is 1. The van der Waals surface area contributed by atoms with Gasteiger partial charge in [-0.25, -0.2) is 0 Å². The molecule has 0 aromatic carbocycles. The van der Waals surface area contributed by atoms with Crippen LogP contribution in [0.15, 0.2) is 0 Å². The Labute approximate surface area is 47.6 Å². The van der Waals surface area contributed by atoms with Crippen molar-refractivity contribution in [1.82, 2.24) is 5.32 Å². The molecule has 0 spiro atoms. The number of hydrogen-bond acceptors (Lipinski definition) is 3. The van der Waals surface area contributed by atoms with Crippen LogP contribution in [-0.2, 0) is 4.79 Å². The molecule has 0 aliphatic rings. The third kappa shape index (κ3) is 3.30. The van der Waals surface area contributed by atoms with Crippen LogP contribution in [0.1, 0.15) is 0 Å². The molecule has 4 N–H and O–H groups in total. The lowest BCUT2D eigenvalue weighted by Crippen LogP contribution is -2.31. The zero-order valence-corrected chi connectivity index (χ0v) is 4.48. The van der Waals surface area contributed by atoms with Crippen molar-refractivity contribution in [3.63, 3.8) is 0 Å². The second kappa shape index (κ2) is 4.26. The molecule has 8 heavy (non-hydrogen) atoms. The first-order chi connectivity index (χ1) is 3.81. The van der Waals surface area contributed by atoms with Crippen molar-refractivity contribution in [3.8, 4) is 0 Å². The van der Waals surface area contributed by atoms with Gasteiger partial charge in [-0.1, -0.05) is 0 Å². The summed E-state index contributed by atoms with van der Waals surface area (Å²) in [7, 11) is 0. The van der Waals surface area contributed by atoms with E-state index in [1.54, 1.807) is 0 Å². The van der Waals surface area contributed by atoms with Crippen LogP contribution in [0.3, 0.4) is 0 Å². The van der Waals surface area contributed by atoms with Gasteiger partial charge in [0.1, 0.15) is 0 Å². The topological polar surface area (TPSA) is 79.0 Å². The highest BCUT2D eigenvalue weighted by Gasteiger charge is 1.90. The molecule has 1 amide bonds. The van der Waals surface area contributed by atoms with Gasteiger partial charge in [0, 0.05) is 6.21 Å². The van der Waals surface area contributed by atoms with Gasteiger partial charge in [0.2, 0.25) is 5.91 Å². The lowest BCUT2D eigenvalue weighted by molar-refractivity contribution is -0.119. The van der Waals surface area contributed by atoms with Crippen LogP contribution in [0.25, 0.3) is 0 Å². The first-order valence-electron chi connectivity index (χ1n) is 2.27. The van der Waals surface area contributed by atoms with Crippen LogP contribution < -0.4 is 11.1 Å². The summed E-state index contributed by atoms with van der Waals surface area (Å²) in [5, 5.41) is 8.87. The lowest BCUT2D eigenvalue weighted by atomic mass is 10.6. The smallest absolute Gasteiger partial charge is 0.234 e. The Balaban J connectivity index is 3.11. The van der Waals surface area contributed by atoms with E-state index < -0.39 is 0 Å². The average molecular weight is 115 g/mol. The average Bonchev–Trinajstić information content (AvgIpc) is 1.83. The SMILES string of the molecule is N=CCNC(=O)CN. The molecule has 0 saturated carbocycles. The summed E-state index contributed by atoms with van der Waals surface area (Å²) in [6.45, 7) is 0.268. The predicted octanol–water partition coefficient (Wildman–Crippen LogP) is -1.29. The summed E-state index contributed by atoms with van der Waals surface area (Å²) in [6, 6.07) is 0. The molecule has 0 heterocycles. The fourth-order valence-electron chi connectivity index (χ4n) is 0.237. The van der Waals surface area contributed by atoms with Gasteiger partial charge in [-0.15, -0.1) is 0 Å². The van der Waals surface area contributed by atoms with Crippen LogP contribution in [-0.4, -0.2) is 25.2 Å². The molecule has 0 aromatic rings. The minimum Gasteiger partial charge on any atom is -0.350 e. The molecule has 46 valence electrons. The first kappa shape index (κ1) is 7.10. The van der Waals surface area contributed by atoms with Crippen LogP contribution in [0, 0.1) is 5.41 Å². The van der Waals surface area contributed by atoms with E-state index in [2.05, 4.69) is 5.32 Å². The van der Waals surface area contributed by atoms with Crippen molar-refractivity contribution < 1.29 is 4.79 Å². The Bertz CT molecular complexity index is 91.3. The largest absolute Gasteiger partial charge is 0.350 e. The fraction of sp³-hybridized carbons (Fsp3) is 0.500. The fourth-order valence-corrected chi connectivity index (χ4v) is 0.237. The van der Waals surface area contributed by atoms with Crippen molar-refractivity contribution in [2.24, 2.45) is 5.73 Å². The molecule has 0 unspecified atom stereocenters. The van der Waals surface area contributed by atoms with Gasteiger partial charge in [-0.05, 0) is 0 Å². The van der Waals surface area contributed by atoms with E-state index in [4.69, 9.17) is 11.1 Å². The third-order valence-corrected chi connectivity index (χ3v) is 0.587. The summed E-state index contributed by atoms with van der Waals surface area (Å²) in [6.07, 6.45) is 1.10. The summed E-state index contributed by atoms with van der Waals surface area (Å²) in [4.78, 5) is 10.2. The van der Waals surface area contributed by atoms with Crippen molar-refractivity contribution in [3.05, 3.63) is 0 Å². The number of carbonyl (C=O) groups excluding carboxylic acids is 1. The van der Waals surface area contributed by atoms with Crippen LogP contribution in [0.2, 0.25) is 0 Å². The molecule has 0 radical (unpaired) electrons. The zero-order chi connectivity index (χ0) is 6.41. The highest BCUT2D eigenvalue weighted by atomic mass is 16.1. The molecule has 0 aliphatic heterocycles. The van der Waals surface area contributed by atoms with Crippen molar-refractivity contribution in [2.45, 2.75) is 0 Å². The van der Waals surface area contributed by atoms with E-state index in [1.165, 1.54) is 0 Å². The van der Waals surface area contributed by atoms with Crippen molar-refractivity contribution >= 4 is 12.1 Å². The predicted molar refractivity (Wildman–Crippen MR) is 30.8 cm³/mol. The highest BCUT2D eigenvalue weighted by molar-refractivity contribution is 5.80. The van der Waals surface area contributed by atoms with Gasteiger partial charge in [0.15, 0.2) is 0 Å². The van der Waals surface area contributed by atoms with E-state index >= 15 is 0 Å². The summed E-state index contributed by atoms with van der Waals surface area (Å²) >= 11 is 0. The van der Waals surface area contributed by atoms with Crippen LogP contribution >= 0.6 is 0 Å². The highest BCUT2D eigenvalue weighted by Crippen LogP contribution is 1.54. The minimum atomic E-state index is -0.228. The summed E-state index contributed by atoms with van der Waals surface area (Å²) < 4.78 is 0. The molecule has 0 aliphatic carbocycles. The summed E-state index contributed by atoms with van der Waals surface area (Å²) in [5.41, 5.74) is 4.93. The second-order valence-electron chi connectivity index (χ2n) is 1.21. The molecule has 4 heteroatoms. The molecule has 0 atom stereocenters. The monoisotopic (exact) mass is 115 g/mol. The quantitative estimate of drug-likeness (QED) is 0.400. The van der Waals surface area contributed by atoms with Gasteiger partial charge in [0.25, 0.3) is 0 Å². The normalized spacial score (nSPS) is 8.12. The van der Waals surface area contributed by atoms with Crippen molar-refractivity contribution in [1.29, 1.82) is 5.41 Å². The molecule has 0 fully saturated rings. The van der Waals surface area contributed by atoms with Gasteiger partial charge < -0.3 is 16.5 Å². The maximum Gasteiger partial charge on any atom is 0.234 e. The van der Waals surface area contributed by atoms with Gasteiger partial charge >= 0.3 is 0 Å². The minimum absolute atomic E-state index is 0.00611. The molecule has 4 nitrogen and oxygen atoms in total. The van der Waals surface area contributed by atoms with E-state index in [9.17, 15) is 4.79 Å². The number of nitrogens with one attached hydrogen (secondary N) is 2. The Morgan fingerprint density at radius 2 is 2.50 bits per heavy atom. The molecular formula is C4H9N3O. The Hall–Kier alpha value is -0.900. The van der Waals surface area contributed by atoms with Crippen molar-refractivity contribution in [2.75, 3.05) is 13.1 Å². The zero-order valence-electron chi connectivity index (χ0n) is 4.48. The molecule has 0 rings (SSSR count). The Morgan fingerprint density at radius 3 is 2.88 bits per heavy atom. The second-order valence-corrected chi connectivity index (χ2v) is 1.21. The number of rotatable bonds is 3. The molecule has 0 aromatic heterocycles. The van der Waals surface area contributed by atoms with E-state index in [0.717, 1.165) is 6.21 Å². The van der Waals surface area contributed by atoms with E-state index in [-0.39, 0.29) is 19.0 Å². The standard InChI is InChI=1S/C4H9N3O/c5-1-2-7-4(8)3-6/h1,5H,2-3,6H2,(H,7,8). The Morgan fingerprint density at radius 1 is 1.88 bits per heavy atom. The summed E-state index contributed by atoms with van der Waals surface area (Å²) in [5.74, 6) is -0.228. The van der Waals surface area contributed by atoms with Crippen LogP contribution in [0.4, 0.5) is 0 Å². The lowest BCUT2D eigenvalue weighted by Gasteiger charge is -1.94. The molecule has 0 saturated heterocycles. The van der Waals surface area contributed by atoms with Gasteiger partial charge in [-0.3, -0.25) is 4.79 Å². The first-order valence-corrected chi connectivity index (χ1v) is 2.27. The number of amides is 1. The maximum atomic E-state index is 10.2. The Kier molecular flexibility index (Phi) is 3.78. The van der Waals surface area contributed by atoms with E-state index in [0.29, 0.717) is 0 Å². The number of nitrogens with two attached hydrogens (primary N) is 1. The number of hydrogen-bond donors (Lipinski definition) is 3. The molecule has 0 bridgehead atoms. The van der Waals surface area contributed by atoms with Crippen LogP contribution in [0.5, 0.6) is 0 Å². The molecular weight excluding hydrogens is 106 g/mol. The maximum absolute atomic E-state index is 10.2. The van der Waals surface area contributed by atoms with E-state index in [1.807, 2.05) is 0 Å². The van der Waals surface area contributed by atoms with Gasteiger partial charge in [-0.2, -0.15) is 0 Å². The third-order valence-electron chi connectivity index (χ3n) is 0.587.